The molecule has 0 radical (unpaired) electrons. The lowest BCUT2D eigenvalue weighted by atomic mass is 9.93. The minimum absolute atomic E-state index is 0.0507. The minimum Gasteiger partial charge on any atom is -0.497 e. The number of aromatic nitrogens is 6. The lowest BCUT2D eigenvalue weighted by Crippen LogP contribution is -2.55. The van der Waals surface area contributed by atoms with Crippen molar-refractivity contribution < 1.29 is 85.0 Å². The van der Waals surface area contributed by atoms with Crippen LogP contribution in [0.25, 0.3) is 64.8 Å². The second-order valence-corrected chi connectivity index (χ2v) is 44.3. The van der Waals surface area contributed by atoms with Crippen molar-refractivity contribution in [2.75, 3.05) is 75.7 Å². The number of esters is 1. The number of methoxy groups -OCH3 is 3. The molecule has 19 rings (SSSR count). The van der Waals surface area contributed by atoms with E-state index in [1.165, 1.54) is 29.7 Å². The molecule has 141 heavy (non-hydrogen) atoms. The number of carboxylic acid groups (broad SMARTS) is 1. The van der Waals surface area contributed by atoms with Crippen LogP contribution < -0.4 is 43.8 Å². The highest BCUT2D eigenvalue weighted by Gasteiger charge is 2.67. The Balaban J connectivity index is 0.000000146. The summed E-state index contributed by atoms with van der Waals surface area (Å²) in [6, 6.07) is 22.6. The first-order valence-corrected chi connectivity index (χ1v) is 53.3. The summed E-state index contributed by atoms with van der Waals surface area (Å²) in [4.78, 5) is 148. The summed E-state index contributed by atoms with van der Waals surface area (Å²) < 4.78 is 71.4. The van der Waals surface area contributed by atoms with Gasteiger partial charge in [-0.15, -0.1) is 34.0 Å². The fourth-order valence-electron chi connectivity index (χ4n) is 20.3. The van der Waals surface area contributed by atoms with E-state index in [0.29, 0.717) is 120 Å². The number of carboxylic acids is 1. The molecule has 0 saturated heterocycles. The Kier molecular flexibility index (Phi) is 30.0. The summed E-state index contributed by atoms with van der Waals surface area (Å²) in [5.74, 6) is -2.30. The van der Waals surface area contributed by atoms with Crippen LogP contribution in [0.1, 0.15) is 199 Å². The Hall–Kier alpha value is -11.9. The van der Waals surface area contributed by atoms with Crippen LogP contribution in [0, 0.1) is 53.3 Å². The molecule has 6 fully saturated rings. The molecule has 2 bridgehead atoms. The van der Waals surface area contributed by atoms with E-state index in [-0.39, 0.29) is 103 Å². The molecule has 4 aliphatic heterocycles. The van der Waals surface area contributed by atoms with Gasteiger partial charge in [0.15, 0.2) is 11.4 Å². The number of benzene rings is 3. The van der Waals surface area contributed by atoms with Gasteiger partial charge in [0.2, 0.25) is 29.5 Å². The Morgan fingerprint density at radius 2 is 0.851 bits per heavy atom. The molecule has 36 heteroatoms. The van der Waals surface area contributed by atoms with Gasteiger partial charge in [0.25, 0.3) is 5.91 Å². The van der Waals surface area contributed by atoms with Gasteiger partial charge in [0.1, 0.15) is 96.0 Å². The molecule has 748 valence electrons. The van der Waals surface area contributed by atoms with Crippen LogP contribution in [0.2, 0.25) is 0 Å². The lowest BCUT2D eigenvalue weighted by Gasteiger charge is -2.27. The number of carbonyl (C=O) groups is 8. The molecule has 32 nitrogen and oxygen atoms in total. The monoisotopic (exact) mass is 2000 g/mol. The number of allylic oxidation sites excluding steroid dienone is 3. The highest BCUT2D eigenvalue weighted by Crippen LogP contribution is 2.55. The molecule has 0 unspecified atom stereocenters. The van der Waals surface area contributed by atoms with Crippen LogP contribution in [0.5, 0.6) is 34.5 Å². The van der Waals surface area contributed by atoms with Gasteiger partial charge in [-0.05, 0) is 170 Å². The van der Waals surface area contributed by atoms with Crippen LogP contribution in [-0.2, 0) is 53.3 Å². The molecule has 3 aromatic carbocycles. The highest BCUT2D eigenvalue weighted by atomic mass is 32.2. The standard InChI is InChI=1S/C37H48N6O7S2.C34H40N4O6S.C34H38N4O5S/c1-7-43(5)52(47,48)41-36(46)37-20-23(37)12-10-8-9-11-15-42(4)35(45)28-17-25(16-27(28)33(44)40-37)50-32-19-30(34-39-31(21-51-34)22(2)3)38-29-18-24(49-6)13-14-26(29)32;1-19(2)28-18-45-31(36-28)27-16-29(23-11-10-21(43-4)15-26(23)35-27)44-22-13-24-25(14-22)32(40)38(3)12-8-6-5-7-9-20-17-34(20,33(41)42)37-30(24)39;1-19(2)28-18-44-31(36-28)27-16-29(23-11-10-21(41-4)15-26(23)35-27)42-22-13-24-25(14-22)32(39)38(3)12-8-6-5-7-9-20-17-34(20)33(40)43-30(24)37-34/h10,12-14,18-19,21-23,25,27-28H,7-9,11,15-17,20H2,1-6H3,(H,40,44)(H,41,46);7,9-11,15-16,18-20,22,24-25H,5-6,8,12-14,17H2,1-4H3,(H,37,39)(H,41,42);7,9-11,15-16,18-20,22,24-25H,5-6,8,12-14,17H2,1-4H3/b12-10-;2*9-7-/t23-,25-,27-,28-,37-;2*20-,22-,24-,25-,34-/m111/s1. The number of pyridine rings is 3. The number of aliphatic carboxylic acids is 1. The number of rotatable bonds is 20. The Bertz CT molecular complexity index is 6530. The van der Waals surface area contributed by atoms with E-state index in [9.17, 15) is 51.9 Å². The van der Waals surface area contributed by atoms with Crippen molar-refractivity contribution >= 4 is 130 Å². The van der Waals surface area contributed by atoms with Crippen LogP contribution in [0.4, 0.5) is 0 Å². The molecule has 15 atom stereocenters. The van der Waals surface area contributed by atoms with Gasteiger partial charge in [-0.2, -0.15) is 12.7 Å². The third-order valence-corrected chi connectivity index (χ3v) is 33.5. The number of fused-ring (bicyclic) bond motifs is 9. The van der Waals surface area contributed by atoms with Gasteiger partial charge >= 0.3 is 22.1 Å². The predicted octanol–water partition coefficient (Wildman–Crippen LogP) is 16.2. The van der Waals surface area contributed by atoms with Crippen LogP contribution >= 0.6 is 34.0 Å². The van der Waals surface area contributed by atoms with Crippen molar-refractivity contribution in [1.29, 1.82) is 0 Å². The van der Waals surface area contributed by atoms with Crippen molar-refractivity contribution in [3.05, 3.63) is 142 Å². The molecule has 9 aromatic rings. The molecule has 10 aliphatic rings. The molecule has 10 heterocycles. The molecule has 6 saturated carbocycles. The number of hydrogen-bond acceptors (Lipinski definition) is 27. The van der Waals surface area contributed by atoms with Crippen LogP contribution in [-0.4, -0.2) is 226 Å². The first-order valence-electron chi connectivity index (χ1n) is 49.2. The van der Waals surface area contributed by atoms with Crippen molar-refractivity contribution in [1.82, 2.24) is 64.3 Å². The molecule has 1 spiro atoms. The fourth-order valence-corrected chi connectivity index (χ4v) is 24.0. The third kappa shape index (κ3) is 21.5. The predicted molar refractivity (Wildman–Crippen MR) is 540 cm³/mol. The number of nitrogens with one attached hydrogen (secondary N) is 3. The first kappa shape index (κ1) is 101. The van der Waals surface area contributed by atoms with E-state index < -0.39 is 86.4 Å². The number of amides is 6. The van der Waals surface area contributed by atoms with E-state index in [2.05, 4.69) is 74.4 Å². The number of carbonyl (C=O) groups excluding carboxylic acids is 7. The van der Waals surface area contributed by atoms with Crippen molar-refractivity contribution in [3.63, 3.8) is 0 Å². The number of ether oxygens (including phenoxy) is 7. The van der Waals surface area contributed by atoms with E-state index in [4.69, 9.17) is 68.1 Å². The average Bonchev–Trinajstić information content (AvgIpc) is 1.54. The van der Waals surface area contributed by atoms with Crippen LogP contribution in [0.15, 0.2) is 130 Å². The zero-order valence-electron chi connectivity index (χ0n) is 82.3. The second kappa shape index (κ2) is 42.0. The first-order chi connectivity index (χ1) is 67.6. The normalized spacial score (nSPS) is 27.6. The quantitative estimate of drug-likeness (QED) is 0.0407. The smallest absolute Gasteiger partial charge is 0.341 e. The number of hydrogen-bond donors (Lipinski definition) is 4. The third-order valence-electron chi connectivity index (χ3n) is 29.3. The molecule has 6 amide bonds. The topological polar surface area (TPSA) is 394 Å². The van der Waals surface area contributed by atoms with Gasteiger partial charge in [-0.3, -0.25) is 28.8 Å². The van der Waals surface area contributed by atoms with E-state index in [0.717, 1.165) is 122 Å². The number of aliphatic imine (C=N–C) groups is 1. The summed E-state index contributed by atoms with van der Waals surface area (Å²) in [6.07, 6.45) is 21.9. The molecular formula is C105H126N14O18S4. The number of nitrogens with zero attached hydrogens (tertiary/aromatic N) is 11. The Labute approximate surface area is 833 Å². The zero-order valence-corrected chi connectivity index (χ0v) is 85.5. The molecule has 6 aliphatic carbocycles. The molecule has 6 aromatic heterocycles. The summed E-state index contributed by atoms with van der Waals surface area (Å²) in [7, 11) is 7.50. The highest BCUT2D eigenvalue weighted by molar-refractivity contribution is 7.87. The van der Waals surface area contributed by atoms with Crippen molar-refractivity contribution in [2.24, 2.45) is 58.3 Å². The summed E-state index contributed by atoms with van der Waals surface area (Å²) in [6.45, 7) is 16.3. The van der Waals surface area contributed by atoms with E-state index >= 15 is 0 Å². The van der Waals surface area contributed by atoms with Crippen LogP contribution in [0.3, 0.4) is 0 Å². The van der Waals surface area contributed by atoms with E-state index in [1.54, 1.807) is 63.5 Å². The maximum absolute atomic E-state index is 14.3. The van der Waals surface area contributed by atoms with E-state index in [1.807, 2.05) is 120 Å². The van der Waals surface area contributed by atoms with Gasteiger partial charge in [0.05, 0.1) is 90.5 Å². The maximum Gasteiger partial charge on any atom is 0.341 e. The largest absolute Gasteiger partial charge is 0.497 e. The average molecular weight is 2000 g/mol. The second-order valence-electron chi connectivity index (χ2n) is 40.0. The lowest BCUT2D eigenvalue weighted by molar-refractivity contribution is -0.145. The van der Waals surface area contributed by atoms with Gasteiger partial charge in [-0.1, -0.05) is 84.9 Å². The van der Waals surface area contributed by atoms with Gasteiger partial charge in [0, 0.05) is 141 Å². The number of thiazole rings is 3. The zero-order chi connectivity index (χ0) is 99.8. The maximum atomic E-state index is 14.3. The minimum atomic E-state index is -4.11. The van der Waals surface area contributed by atoms with Crippen molar-refractivity contribution in [3.8, 4) is 66.6 Å². The summed E-state index contributed by atoms with van der Waals surface area (Å²) in [5, 5.41) is 26.7. The SMILES string of the molecule is CCN(C)S(=O)(=O)NC(=O)[C@@]12C[C@H]1/C=C\CCCCN(C)C(=O)[C@@H]1C[C@H](Oc3cc(-c4nc(C(C)C)cs4)nc4cc(OC)ccc34)C[C@H]1C(=O)N2.COc1ccc2c(O[C@@H]3C[C@H]4C(=O)N[C@]5(C(=O)O)C[C@H]5/C=C\CCCCN(C)C(=O)[C@@H]4C3)cc(-c3nc(C(C)C)cs3)nc2c1.COc1ccc2c(O[C@H]3C[C@H]4C(=O)N(C)CCCC/C=C\[C@@H]5C[C@@]56N=C(OC6=O)[C@@H]4C3)cc(-c3nc(C(C)C)cs3)nc2c1. The fraction of sp³-hybridized carbons (Fsp3) is 0.514. The Morgan fingerprint density at radius 3 is 1.22 bits per heavy atom. The van der Waals surface area contributed by atoms with Gasteiger partial charge < -0.3 is 63.6 Å². The van der Waals surface area contributed by atoms with Gasteiger partial charge in [-0.25, -0.2) is 49.2 Å². The van der Waals surface area contributed by atoms with Crippen molar-refractivity contribution in [2.45, 2.75) is 217 Å². The molecular weight excluding hydrogens is 1870 g/mol. The summed E-state index contributed by atoms with van der Waals surface area (Å²) in [5.41, 5.74) is 3.52. The molecule has 4 N–H and O–H groups in total. The Morgan fingerprint density at radius 1 is 0.496 bits per heavy atom. The summed E-state index contributed by atoms with van der Waals surface area (Å²) >= 11 is 4.59.